The highest BCUT2D eigenvalue weighted by atomic mass is 32.1. The number of nitrogens with two attached hydrogens (primary N) is 1. The molecular formula is C12H11N9OS. The maximum Gasteiger partial charge on any atom is 0.200 e. The molecule has 1 atom stereocenters. The van der Waals surface area contributed by atoms with Crippen LogP contribution in [0.2, 0.25) is 0 Å². The van der Waals surface area contributed by atoms with E-state index in [0.717, 1.165) is 0 Å². The number of aliphatic hydroxyl groups is 1. The molecule has 0 aliphatic heterocycles. The summed E-state index contributed by atoms with van der Waals surface area (Å²) in [6.45, 7) is -0.205. The number of aromatic amines is 1. The van der Waals surface area contributed by atoms with E-state index in [2.05, 4.69) is 29.9 Å². The van der Waals surface area contributed by atoms with E-state index in [1.807, 2.05) is 0 Å². The summed E-state index contributed by atoms with van der Waals surface area (Å²) in [5.74, 6) is 0.179. The molecule has 4 rings (SSSR count). The Kier molecular flexibility index (Phi) is 3.02. The van der Waals surface area contributed by atoms with Crippen molar-refractivity contribution >= 4 is 40.5 Å². The molecule has 23 heavy (non-hydrogen) atoms. The van der Waals surface area contributed by atoms with Crippen LogP contribution in [0.1, 0.15) is 6.17 Å². The number of fused-ring (bicyclic) bond motifs is 2. The van der Waals surface area contributed by atoms with Gasteiger partial charge in [-0.05, 0) is 0 Å². The summed E-state index contributed by atoms with van der Waals surface area (Å²) in [5, 5.41) is 9.90. The number of nitrogens with one attached hydrogen (secondary N) is 1. The average molecular weight is 329 g/mol. The van der Waals surface area contributed by atoms with Gasteiger partial charge in [0.05, 0.1) is 25.5 Å². The van der Waals surface area contributed by atoms with Crippen molar-refractivity contribution in [1.29, 1.82) is 0 Å². The van der Waals surface area contributed by atoms with Crippen LogP contribution in [0.15, 0.2) is 25.2 Å². The van der Waals surface area contributed by atoms with Gasteiger partial charge >= 0.3 is 0 Å². The fourth-order valence-electron chi connectivity index (χ4n) is 2.49. The second-order valence-electron chi connectivity index (χ2n) is 4.82. The number of hydrogen-bond acceptors (Lipinski definition) is 8. The Bertz CT molecular complexity index is 1070. The zero-order valence-corrected chi connectivity index (χ0v) is 12.5. The zero-order valence-electron chi connectivity index (χ0n) is 11.7. The molecule has 0 bridgehead atoms. The molecule has 4 N–H and O–H groups in total. The third-order valence-electron chi connectivity index (χ3n) is 3.51. The largest absolute Gasteiger partial charge is 0.392 e. The number of anilines is 1. The molecule has 116 valence electrons. The summed E-state index contributed by atoms with van der Waals surface area (Å²) in [6.07, 6.45) is 5.66. The van der Waals surface area contributed by atoms with E-state index in [4.69, 9.17) is 18.0 Å². The summed E-state index contributed by atoms with van der Waals surface area (Å²) < 4.78 is 3.74. The number of H-pyrrole nitrogens is 1. The Hall–Kier alpha value is -2.92. The lowest BCUT2D eigenvalue weighted by molar-refractivity contribution is 0.212. The molecule has 1 unspecified atom stereocenters. The van der Waals surface area contributed by atoms with Crippen LogP contribution < -0.4 is 5.73 Å². The normalized spacial score (nSPS) is 12.9. The molecule has 0 radical (unpaired) electrons. The Labute approximate surface area is 133 Å². The topological polar surface area (TPSA) is 136 Å². The van der Waals surface area contributed by atoms with E-state index < -0.39 is 6.17 Å². The van der Waals surface area contributed by atoms with Gasteiger partial charge in [-0.3, -0.25) is 9.13 Å². The van der Waals surface area contributed by atoms with Crippen LogP contribution >= 0.6 is 12.2 Å². The van der Waals surface area contributed by atoms with Crippen LogP contribution in [0.4, 0.5) is 5.95 Å². The Balaban J connectivity index is 1.96. The molecule has 0 saturated heterocycles. The first-order valence-electron chi connectivity index (χ1n) is 6.64. The number of imidazole rings is 2. The highest BCUT2D eigenvalue weighted by Gasteiger charge is 2.19. The maximum absolute atomic E-state index is 9.90. The lowest BCUT2D eigenvalue weighted by Gasteiger charge is -2.18. The van der Waals surface area contributed by atoms with Crippen molar-refractivity contribution in [2.45, 2.75) is 6.17 Å². The van der Waals surface area contributed by atoms with E-state index in [-0.39, 0.29) is 12.6 Å². The van der Waals surface area contributed by atoms with Gasteiger partial charge < -0.3 is 15.8 Å². The SMILES string of the molecule is Nc1nc(=S)c2ncn(C(CO)n3cnc4cncnc43)c2[nH]1. The standard InChI is InChI=1S/C12H11N9OS/c13-12-18-10-8(11(23)19-12)17-5-21(10)7(2-22)20-4-16-6-1-14-3-15-9(6)20/h1,3-5,7,22H,2H2,(H3,13,18,19,23). The minimum atomic E-state index is -0.521. The predicted octanol–water partition coefficient (Wildman–Crippen LogP) is 0.250. The van der Waals surface area contributed by atoms with Gasteiger partial charge in [-0.15, -0.1) is 0 Å². The molecule has 10 nitrogen and oxygen atoms in total. The molecule has 0 aromatic carbocycles. The minimum absolute atomic E-state index is 0.179. The van der Waals surface area contributed by atoms with E-state index in [9.17, 15) is 5.11 Å². The number of aromatic nitrogens is 8. The predicted molar refractivity (Wildman–Crippen MR) is 84.0 cm³/mol. The second-order valence-corrected chi connectivity index (χ2v) is 5.21. The van der Waals surface area contributed by atoms with Gasteiger partial charge in [0.2, 0.25) is 0 Å². The number of nitrogen functional groups attached to an aromatic ring is 1. The first-order valence-corrected chi connectivity index (χ1v) is 7.05. The van der Waals surface area contributed by atoms with Crippen LogP contribution in [-0.4, -0.2) is 50.8 Å². The summed E-state index contributed by atoms with van der Waals surface area (Å²) in [7, 11) is 0. The monoisotopic (exact) mass is 329 g/mol. The molecule has 4 aromatic rings. The fourth-order valence-corrected chi connectivity index (χ4v) is 2.74. The smallest absolute Gasteiger partial charge is 0.200 e. The molecule has 0 spiro atoms. The van der Waals surface area contributed by atoms with Gasteiger partial charge in [0.25, 0.3) is 0 Å². The molecule has 11 heteroatoms. The molecule has 0 amide bonds. The van der Waals surface area contributed by atoms with Crippen molar-refractivity contribution in [3.05, 3.63) is 29.8 Å². The quantitative estimate of drug-likeness (QED) is 0.455. The number of aliphatic hydroxyl groups excluding tert-OH is 1. The minimum Gasteiger partial charge on any atom is -0.392 e. The lowest BCUT2D eigenvalue weighted by Crippen LogP contribution is -2.21. The van der Waals surface area contributed by atoms with E-state index in [1.54, 1.807) is 28.0 Å². The van der Waals surface area contributed by atoms with Crippen molar-refractivity contribution in [1.82, 2.24) is 39.0 Å². The molecule has 4 aromatic heterocycles. The lowest BCUT2D eigenvalue weighted by atomic mass is 10.4. The molecular weight excluding hydrogens is 318 g/mol. The van der Waals surface area contributed by atoms with Crippen LogP contribution in [0.25, 0.3) is 22.3 Å². The molecule has 0 saturated carbocycles. The second kappa shape index (κ2) is 5.07. The van der Waals surface area contributed by atoms with Gasteiger partial charge in [0.15, 0.2) is 16.2 Å². The van der Waals surface area contributed by atoms with Gasteiger partial charge in [-0.1, -0.05) is 12.2 Å². The molecule has 0 aliphatic rings. The molecule has 4 heterocycles. The summed E-state index contributed by atoms with van der Waals surface area (Å²) >= 11 is 5.17. The van der Waals surface area contributed by atoms with Crippen LogP contribution in [-0.2, 0) is 0 Å². The zero-order chi connectivity index (χ0) is 16.0. The highest BCUT2D eigenvalue weighted by Crippen LogP contribution is 2.21. The molecule has 0 fully saturated rings. The summed E-state index contributed by atoms with van der Waals surface area (Å²) in [4.78, 5) is 23.5. The number of nitrogens with zero attached hydrogens (tertiary/aromatic N) is 7. The van der Waals surface area contributed by atoms with E-state index in [1.165, 1.54) is 6.33 Å². The Morgan fingerprint density at radius 1 is 1.26 bits per heavy atom. The van der Waals surface area contributed by atoms with Crippen molar-refractivity contribution in [3.8, 4) is 0 Å². The van der Waals surface area contributed by atoms with Crippen molar-refractivity contribution in [2.75, 3.05) is 12.3 Å². The first kappa shape index (κ1) is 13.7. The fraction of sp³-hybridized carbons (Fsp3) is 0.167. The highest BCUT2D eigenvalue weighted by molar-refractivity contribution is 7.71. The van der Waals surface area contributed by atoms with Crippen LogP contribution in [0.5, 0.6) is 0 Å². The van der Waals surface area contributed by atoms with Gasteiger partial charge in [0, 0.05) is 0 Å². The summed E-state index contributed by atoms with van der Waals surface area (Å²) in [5.41, 5.74) is 8.03. The van der Waals surface area contributed by atoms with Crippen molar-refractivity contribution < 1.29 is 5.11 Å². The van der Waals surface area contributed by atoms with Gasteiger partial charge in [-0.25, -0.2) is 24.9 Å². The van der Waals surface area contributed by atoms with E-state index in [0.29, 0.717) is 27.0 Å². The third kappa shape index (κ3) is 2.05. The first-order chi connectivity index (χ1) is 11.2. The van der Waals surface area contributed by atoms with Crippen LogP contribution in [0, 0.1) is 4.64 Å². The van der Waals surface area contributed by atoms with Crippen molar-refractivity contribution in [2.24, 2.45) is 0 Å². The number of hydrogen-bond donors (Lipinski definition) is 3. The van der Waals surface area contributed by atoms with Gasteiger partial charge in [-0.2, -0.15) is 0 Å². The Morgan fingerprint density at radius 2 is 2.09 bits per heavy atom. The van der Waals surface area contributed by atoms with E-state index >= 15 is 0 Å². The summed E-state index contributed by atoms with van der Waals surface area (Å²) in [6, 6.07) is 0. The average Bonchev–Trinajstić information content (AvgIpc) is 3.14. The van der Waals surface area contributed by atoms with Gasteiger partial charge in [0.1, 0.15) is 29.2 Å². The maximum atomic E-state index is 9.90. The molecule has 0 aliphatic carbocycles. The van der Waals surface area contributed by atoms with Crippen molar-refractivity contribution in [3.63, 3.8) is 0 Å². The van der Waals surface area contributed by atoms with Crippen LogP contribution in [0.3, 0.4) is 0 Å². The third-order valence-corrected chi connectivity index (χ3v) is 3.79. The Morgan fingerprint density at radius 3 is 2.91 bits per heavy atom. The number of rotatable bonds is 3.